The van der Waals surface area contributed by atoms with Crippen molar-refractivity contribution in [2.75, 3.05) is 26.2 Å². The molecule has 2 aliphatic heterocycles. The predicted octanol–water partition coefficient (Wildman–Crippen LogP) is 3.58. The highest BCUT2D eigenvalue weighted by Crippen LogP contribution is 2.36. The Kier molecular flexibility index (Phi) is 6.58. The lowest BCUT2D eigenvalue weighted by molar-refractivity contribution is 0.0755. The molecule has 2 aliphatic rings. The number of nitrogens with one attached hydrogen (secondary N) is 1. The third-order valence-electron chi connectivity index (χ3n) is 7.15. The highest BCUT2D eigenvalue weighted by Gasteiger charge is 2.35. The molecule has 0 aliphatic carbocycles. The minimum atomic E-state index is -0.299. The van der Waals surface area contributed by atoms with Crippen molar-refractivity contribution in [3.8, 4) is 11.5 Å². The van der Waals surface area contributed by atoms with Crippen molar-refractivity contribution >= 4 is 6.03 Å². The second-order valence-electron chi connectivity index (χ2n) is 9.41. The molecule has 34 heavy (non-hydrogen) atoms. The van der Waals surface area contributed by atoms with Crippen LogP contribution in [0.5, 0.6) is 0 Å². The van der Waals surface area contributed by atoms with Crippen molar-refractivity contribution in [2.45, 2.75) is 50.5 Å². The Bertz CT molecular complexity index is 1090. The highest BCUT2D eigenvalue weighted by atomic mass is 16.3. The number of aliphatic hydroxyl groups is 1. The van der Waals surface area contributed by atoms with Crippen molar-refractivity contribution in [3.63, 3.8) is 0 Å². The van der Waals surface area contributed by atoms with E-state index in [9.17, 15) is 9.90 Å². The van der Waals surface area contributed by atoms with Crippen LogP contribution in [0, 0.1) is 0 Å². The van der Waals surface area contributed by atoms with Crippen LogP contribution in [-0.2, 0) is 6.42 Å². The molecule has 8 heteroatoms. The van der Waals surface area contributed by atoms with Crippen molar-refractivity contribution < 1.29 is 9.90 Å². The van der Waals surface area contributed by atoms with Gasteiger partial charge in [-0.25, -0.2) is 14.8 Å². The molecule has 2 atom stereocenters. The molecule has 178 valence electrons. The van der Waals surface area contributed by atoms with Crippen LogP contribution < -0.4 is 0 Å². The number of carbonyl (C=O) groups is 1. The SMILES string of the molecule is CCc1ccc(C2CC(c3cc(-c4ncccn4)n[nH]3)CN(C(=O)N3CCC(O)CC3)C2)cc1. The van der Waals surface area contributed by atoms with E-state index in [-0.39, 0.29) is 24.0 Å². The first-order valence-electron chi connectivity index (χ1n) is 12.2. The van der Waals surface area contributed by atoms with Gasteiger partial charge in [-0.15, -0.1) is 0 Å². The molecule has 2 amide bonds. The van der Waals surface area contributed by atoms with E-state index in [1.165, 1.54) is 11.1 Å². The summed E-state index contributed by atoms with van der Waals surface area (Å²) < 4.78 is 0. The molecule has 2 aromatic heterocycles. The third-order valence-corrected chi connectivity index (χ3v) is 7.15. The molecule has 2 fully saturated rings. The van der Waals surface area contributed by atoms with Crippen LogP contribution in [0.15, 0.2) is 48.8 Å². The Labute approximate surface area is 200 Å². The Morgan fingerprint density at radius 2 is 1.76 bits per heavy atom. The molecule has 3 aromatic rings. The zero-order valence-corrected chi connectivity index (χ0v) is 19.6. The van der Waals surface area contributed by atoms with Crippen molar-refractivity contribution in [3.05, 3.63) is 65.6 Å². The van der Waals surface area contributed by atoms with Crippen LogP contribution >= 0.6 is 0 Å². The summed E-state index contributed by atoms with van der Waals surface area (Å²) in [5.74, 6) is 0.963. The van der Waals surface area contributed by atoms with Gasteiger partial charge in [-0.2, -0.15) is 5.10 Å². The lowest BCUT2D eigenvalue weighted by Gasteiger charge is -2.41. The van der Waals surface area contributed by atoms with E-state index in [1.807, 2.05) is 15.9 Å². The Morgan fingerprint density at radius 1 is 1.06 bits per heavy atom. The molecule has 2 saturated heterocycles. The number of hydrogen-bond acceptors (Lipinski definition) is 5. The van der Waals surface area contributed by atoms with Crippen molar-refractivity contribution in [1.29, 1.82) is 0 Å². The molecule has 0 radical (unpaired) electrons. The maximum atomic E-state index is 13.5. The summed E-state index contributed by atoms with van der Waals surface area (Å²) in [6, 6.07) is 12.7. The van der Waals surface area contributed by atoms with Crippen molar-refractivity contribution in [1.82, 2.24) is 30.0 Å². The molecular formula is C26H32N6O2. The lowest BCUT2D eigenvalue weighted by Crippen LogP contribution is -2.51. The number of aromatic nitrogens is 4. The first-order chi connectivity index (χ1) is 16.6. The van der Waals surface area contributed by atoms with E-state index in [2.05, 4.69) is 51.4 Å². The van der Waals surface area contributed by atoms with Gasteiger partial charge in [0.05, 0.1) is 6.10 Å². The fourth-order valence-electron chi connectivity index (χ4n) is 5.10. The predicted molar refractivity (Wildman–Crippen MR) is 129 cm³/mol. The van der Waals surface area contributed by atoms with Crippen LogP contribution in [0.3, 0.4) is 0 Å². The zero-order valence-electron chi connectivity index (χ0n) is 19.6. The number of piperidine rings is 2. The quantitative estimate of drug-likeness (QED) is 0.620. The smallest absolute Gasteiger partial charge is 0.320 e. The van der Waals surface area contributed by atoms with E-state index in [0.717, 1.165) is 18.5 Å². The second-order valence-corrected chi connectivity index (χ2v) is 9.41. The normalized spacial score (nSPS) is 21.6. The summed E-state index contributed by atoms with van der Waals surface area (Å²) in [5.41, 5.74) is 4.30. The summed E-state index contributed by atoms with van der Waals surface area (Å²) in [6.45, 7) is 4.71. The molecule has 4 heterocycles. The number of hydrogen-bond donors (Lipinski definition) is 2. The number of amides is 2. The maximum Gasteiger partial charge on any atom is 0.320 e. The van der Waals surface area contributed by atoms with E-state index >= 15 is 0 Å². The molecule has 5 rings (SSSR count). The number of aliphatic hydroxyl groups excluding tert-OH is 1. The Balaban J connectivity index is 1.40. The van der Waals surface area contributed by atoms with Gasteiger partial charge in [-0.05, 0) is 48.9 Å². The lowest BCUT2D eigenvalue weighted by atomic mass is 9.82. The number of benzene rings is 1. The molecule has 8 nitrogen and oxygen atoms in total. The van der Waals surface area contributed by atoms with E-state index in [0.29, 0.717) is 50.5 Å². The number of aryl methyl sites for hydroxylation is 1. The van der Waals surface area contributed by atoms with Crippen LogP contribution in [0.25, 0.3) is 11.5 Å². The first-order valence-corrected chi connectivity index (χ1v) is 12.2. The van der Waals surface area contributed by atoms with Crippen LogP contribution in [0.2, 0.25) is 0 Å². The van der Waals surface area contributed by atoms with Crippen LogP contribution in [0.4, 0.5) is 4.79 Å². The zero-order chi connectivity index (χ0) is 23.5. The fourth-order valence-corrected chi connectivity index (χ4v) is 5.10. The molecule has 0 saturated carbocycles. The number of nitrogens with zero attached hydrogens (tertiary/aromatic N) is 5. The molecular weight excluding hydrogens is 428 g/mol. The molecule has 1 aromatic carbocycles. The van der Waals surface area contributed by atoms with E-state index in [4.69, 9.17) is 0 Å². The van der Waals surface area contributed by atoms with Gasteiger partial charge < -0.3 is 14.9 Å². The van der Waals surface area contributed by atoms with Crippen LogP contribution in [-0.4, -0.2) is 73.4 Å². The van der Waals surface area contributed by atoms with Crippen molar-refractivity contribution in [2.24, 2.45) is 0 Å². The van der Waals surface area contributed by atoms with Crippen LogP contribution in [0.1, 0.15) is 54.8 Å². The number of urea groups is 1. The first kappa shape index (κ1) is 22.5. The standard InChI is InChI=1S/C26H32N6O2/c1-2-18-4-6-19(7-5-18)20-14-21(23-15-24(30-29-23)25-27-10-3-11-28-25)17-32(16-20)26(34)31-12-8-22(33)9-13-31/h3-7,10-11,15,20-22,33H,2,8-9,12-14,16-17H2,1H3,(H,29,30). The summed E-state index contributed by atoms with van der Waals surface area (Å²) in [7, 11) is 0. The van der Waals surface area contributed by atoms with Gasteiger partial charge in [-0.3, -0.25) is 5.10 Å². The minimum Gasteiger partial charge on any atom is -0.393 e. The average molecular weight is 461 g/mol. The summed E-state index contributed by atoms with van der Waals surface area (Å²) >= 11 is 0. The van der Waals surface area contributed by atoms with Gasteiger partial charge in [0.15, 0.2) is 5.82 Å². The van der Waals surface area contributed by atoms with Gasteiger partial charge in [0.1, 0.15) is 5.69 Å². The number of H-pyrrole nitrogens is 1. The number of carbonyl (C=O) groups excluding carboxylic acids is 1. The highest BCUT2D eigenvalue weighted by molar-refractivity contribution is 5.75. The number of aromatic amines is 1. The minimum absolute atomic E-state index is 0.0675. The third kappa shape index (κ3) is 4.82. The number of rotatable bonds is 4. The van der Waals surface area contributed by atoms with Gasteiger partial charge in [0, 0.05) is 56.1 Å². The molecule has 2 N–H and O–H groups in total. The topological polar surface area (TPSA) is 98.2 Å². The molecule has 0 spiro atoms. The van der Waals surface area contributed by atoms with E-state index < -0.39 is 0 Å². The monoisotopic (exact) mass is 460 g/mol. The second kappa shape index (κ2) is 9.93. The summed E-state index contributed by atoms with van der Waals surface area (Å²) in [5, 5.41) is 17.5. The van der Waals surface area contributed by atoms with Gasteiger partial charge in [0.2, 0.25) is 0 Å². The largest absolute Gasteiger partial charge is 0.393 e. The van der Waals surface area contributed by atoms with E-state index in [1.54, 1.807) is 18.5 Å². The fraction of sp³-hybridized carbons (Fsp3) is 0.462. The number of likely N-dealkylation sites (tertiary alicyclic amines) is 2. The Morgan fingerprint density at radius 3 is 2.47 bits per heavy atom. The van der Waals surface area contributed by atoms with Gasteiger partial charge >= 0.3 is 6.03 Å². The average Bonchev–Trinajstić information content (AvgIpc) is 3.40. The van der Waals surface area contributed by atoms with Gasteiger partial charge in [-0.1, -0.05) is 31.2 Å². The molecule has 2 unspecified atom stereocenters. The molecule has 0 bridgehead atoms. The Hall–Kier alpha value is -3.26. The van der Waals surface area contributed by atoms with Gasteiger partial charge in [0.25, 0.3) is 0 Å². The summed E-state index contributed by atoms with van der Waals surface area (Å²) in [6.07, 6.45) is 6.36. The summed E-state index contributed by atoms with van der Waals surface area (Å²) in [4.78, 5) is 26.0. The maximum absolute atomic E-state index is 13.5.